The first kappa shape index (κ1) is 15.0. The predicted molar refractivity (Wildman–Crippen MR) is 74.6 cm³/mol. The van der Waals surface area contributed by atoms with Gasteiger partial charge in [0.1, 0.15) is 4.90 Å². The van der Waals surface area contributed by atoms with Crippen LogP contribution in [0.15, 0.2) is 20.0 Å². The van der Waals surface area contributed by atoms with Crippen LogP contribution in [0.2, 0.25) is 0 Å². The Morgan fingerprint density at radius 1 is 1.43 bits per heavy atom. The summed E-state index contributed by atoms with van der Waals surface area (Å²) in [6.07, 6.45) is 2.46. The summed E-state index contributed by atoms with van der Waals surface area (Å²) in [7, 11) is -3.81. The number of sulfonamides is 1. The van der Waals surface area contributed by atoms with Gasteiger partial charge in [-0.1, -0.05) is 0 Å². The summed E-state index contributed by atoms with van der Waals surface area (Å²) in [5.41, 5.74) is 0. The summed E-state index contributed by atoms with van der Waals surface area (Å²) in [6, 6.07) is 0.861. The summed E-state index contributed by atoms with van der Waals surface area (Å²) >= 11 is 2.99. The second-order valence-electron chi connectivity index (χ2n) is 5.08. The Kier molecular flexibility index (Phi) is 3.85. The zero-order chi connectivity index (χ0) is 15.2. The minimum Gasteiger partial charge on any atom is -0.475 e. The van der Waals surface area contributed by atoms with Gasteiger partial charge in [-0.25, -0.2) is 13.2 Å². The van der Waals surface area contributed by atoms with E-state index in [1.165, 1.54) is 4.31 Å². The van der Waals surface area contributed by atoms with Crippen LogP contribution in [0.3, 0.4) is 0 Å². The molecule has 0 aromatic carbocycles. The molecule has 1 saturated carbocycles. The van der Waals surface area contributed by atoms with Gasteiger partial charge in [-0.3, -0.25) is 0 Å². The van der Waals surface area contributed by atoms with Crippen LogP contribution in [0.25, 0.3) is 0 Å². The molecular formula is C12H14BrNO6S. The minimum absolute atomic E-state index is 0.0712. The molecule has 2 heterocycles. The number of nitrogens with zero attached hydrogens (tertiary/aromatic N) is 1. The molecule has 1 aromatic rings. The maximum atomic E-state index is 12.8. The molecule has 2 atom stereocenters. The fourth-order valence-corrected chi connectivity index (χ4v) is 5.52. The average molecular weight is 380 g/mol. The number of ether oxygens (including phenoxy) is 1. The molecule has 1 aliphatic heterocycles. The number of halogens is 1. The van der Waals surface area contributed by atoms with Crippen molar-refractivity contribution in [2.75, 3.05) is 13.2 Å². The quantitative estimate of drug-likeness (QED) is 0.857. The second kappa shape index (κ2) is 5.38. The first-order chi connectivity index (χ1) is 9.91. The zero-order valence-corrected chi connectivity index (χ0v) is 13.4. The number of rotatable bonds is 3. The van der Waals surface area contributed by atoms with Crippen molar-refractivity contribution < 1.29 is 27.5 Å². The monoisotopic (exact) mass is 379 g/mol. The van der Waals surface area contributed by atoms with Gasteiger partial charge < -0.3 is 14.3 Å². The van der Waals surface area contributed by atoms with E-state index in [1.54, 1.807) is 0 Å². The third-order valence-electron chi connectivity index (χ3n) is 3.88. The van der Waals surface area contributed by atoms with Crippen LogP contribution in [0.1, 0.15) is 29.8 Å². The molecule has 2 fully saturated rings. The molecule has 1 N–H and O–H groups in total. The lowest BCUT2D eigenvalue weighted by atomic mass is 10.2. The van der Waals surface area contributed by atoms with E-state index >= 15 is 0 Å². The highest BCUT2D eigenvalue weighted by Crippen LogP contribution is 2.36. The van der Waals surface area contributed by atoms with Gasteiger partial charge in [0.2, 0.25) is 15.8 Å². The van der Waals surface area contributed by atoms with Gasteiger partial charge in [0, 0.05) is 12.6 Å². The molecule has 21 heavy (non-hydrogen) atoms. The Morgan fingerprint density at radius 3 is 2.86 bits per heavy atom. The molecule has 9 heteroatoms. The first-order valence-corrected chi connectivity index (χ1v) is 8.80. The Bertz CT molecular complexity index is 669. The number of hydrogen-bond acceptors (Lipinski definition) is 5. The number of hydrogen-bond donors (Lipinski definition) is 1. The van der Waals surface area contributed by atoms with Gasteiger partial charge in [0.25, 0.3) is 0 Å². The van der Waals surface area contributed by atoms with E-state index in [-0.39, 0.29) is 28.3 Å². The number of furan rings is 1. The molecule has 1 aliphatic carbocycles. The third-order valence-corrected chi connectivity index (χ3v) is 6.67. The normalized spacial score (nSPS) is 26.7. The van der Waals surface area contributed by atoms with E-state index in [1.807, 2.05) is 0 Å². The van der Waals surface area contributed by atoms with E-state index in [2.05, 4.69) is 15.9 Å². The standard InChI is InChI=1S/C12H14BrNO6S/c13-11-10(6-9(20-11)12(15)16)21(17,18)14-4-5-19-8-3-1-2-7(8)14/h6-8H,1-5H2,(H,15,16). The van der Waals surface area contributed by atoms with Crippen molar-refractivity contribution in [3.63, 3.8) is 0 Å². The number of carbonyl (C=O) groups is 1. The molecule has 2 aliphatic rings. The molecule has 1 aromatic heterocycles. The SMILES string of the molecule is O=C(O)c1cc(S(=O)(=O)N2CCOC3CCCC32)c(Br)o1. The molecule has 0 amide bonds. The number of fused-ring (bicyclic) bond motifs is 1. The van der Waals surface area contributed by atoms with E-state index < -0.39 is 21.8 Å². The van der Waals surface area contributed by atoms with Crippen LogP contribution < -0.4 is 0 Å². The largest absolute Gasteiger partial charge is 0.475 e. The highest BCUT2D eigenvalue weighted by Gasteiger charge is 2.43. The van der Waals surface area contributed by atoms with Crippen LogP contribution in [0.5, 0.6) is 0 Å². The summed E-state index contributed by atoms with van der Waals surface area (Å²) in [5.74, 6) is -1.71. The van der Waals surface area contributed by atoms with Crippen molar-refractivity contribution in [3.05, 3.63) is 16.5 Å². The molecule has 7 nitrogen and oxygen atoms in total. The van der Waals surface area contributed by atoms with Crippen LogP contribution in [-0.2, 0) is 14.8 Å². The molecule has 0 bridgehead atoms. The topological polar surface area (TPSA) is 97.0 Å². The van der Waals surface area contributed by atoms with Gasteiger partial charge in [0.15, 0.2) is 4.67 Å². The Balaban J connectivity index is 1.98. The third kappa shape index (κ3) is 2.52. The second-order valence-corrected chi connectivity index (χ2v) is 7.66. The fourth-order valence-electron chi connectivity index (χ4n) is 2.95. The Hall–Kier alpha value is -0.900. The smallest absolute Gasteiger partial charge is 0.371 e. The highest BCUT2D eigenvalue weighted by atomic mass is 79.9. The highest BCUT2D eigenvalue weighted by molar-refractivity contribution is 9.10. The van der Waals surface area contributed by atoms with E-state index in [9.17, 15) is 13.2 Å². The zero-order valence-electron chi connectivity index (χ0n) is 11.0. The van der Waals surface area contributed by atoms with E-state index in [4.69, 9.17) is 14.3 Å². The van der Waals surface area contributed by atoms with Crippen molar-refractivity contribution in [3.8, 4) is 0 Å². The summed E-state index contributed by atoms with van der Waals surface area (Å²) in [4.78, 5) is 10.8. The van der Waals surface area contributed by atoms with Crippen molar-refractivity contribution in [2.24, 2.45) is 0 Å². The summed E-state index contributed by atoms with van der Waals surface area (Å²) in [6.45, 7) is 0.616. The van der Waals surface area contributed by atoms with Crippen molar-refractivity contribution in [2.45, 2.75) is 36.3 Å². The van der Waals surface area contributed by atoms with Gasteiger partial charge in [-0.2, -0.15) is 4.31 Å². The Labute approximate surface area is 130 Å². The molecular weight excluding hydrogens is 366 g/mol. The number of carboxylic acids is 1. The molecule has 0 spiro atoms. The minimum atomic E-state index is -3.81. The van der Waals surface area contributed by atoms with Gasteiger partial charge >= 0.3 is 5.97 Å². The van der Waals surface area contributed by atoms with Crippen LogP contribution >= 0.6 is 15.9 Å². The van der Waals surface area contributed by atoms with Crippen molar-refractivity contribution >= 4 is 31.9 Å². The number of carboxylic acid groups (broad SMARTS) is 1. The maximum Gasteiger partial charge on any atom is 0.371 e. The van der Waals surface area contributed by atoms with Crippen molar-refractivity contribution in [1.29, 1.82) is 0 Å². The molecule has 1 saturated heterocycles. The average Bonchev–Trinajstić information content (AvgIpc) is 3.04. The van der Waals surface area contributed by atoms with Crippen molar-refractivity contribution in [1.82, 2.24) is 4.31 Å². The van der Waals surface area contributed by atoms with Crippen LogP contribution in [-0.4, -0.2) is 49.1 Å². The summed E-state index contributed by atoms with van der Waals surface area (Å²) < 4.78 is 37.4. The first-order valence-electron chi connectivity index (χ1n) is 6.57. The lowest BCUT2D eigenvalue weighted by molar-refractivity contribution is -0.0242. The molecule has 3 rings (SSSR count). The maximum absolute atomic E-state index is 12.8. The van der Waals surface area contributed by atoms with Crippen LogP contribution in [0, 0.1) is 0 Å². The summed E-state index contributed by atoms with van der Waals surface area (Å²) in [5, 5.41) is 8.91. The van der Waals surface area contributed by atoms with Gasteiger partial charge in [-0.15, -0.1) is 0 Å². The molecule has 116 valence electrons. The number of morpholine rings is 1. The molecule has 2 unspecified atom stereocenters. The number of aromatic carboxylic acids is 1. The lowest BCUT2D eigenvalue weighted by Crippen LogP contribution is -2.51. The van der Waals surface area contributed by atoms with Gasteiger partial charge in [-0.05, 0) is 35.2 Å². The predicted octanol–water partition coefficient (Wildman–Crippen LogP) is 1.68. The van der Waals surface area contributed by atoms with Gasteiger partial charge in [0.05, 0.1) is 18.8 Å². The Morgan fingerprint density at radius 2 is 2.19 bits per heavy atom. The van der Waals surface area contributed by atoms with E-state index in [0.29, 0.717) is 6.61 Å². The fraction of sp³-hybridized carbons (Fsp3) is 0.583. The van der Waals surface area contributed by atoms with Crippen LogP contribution in [0.4, 0.5) is 0 Å². The molecule has 0 radical (unpaired) electrons. The van der Waals surface area contributed by atoms with E-state index in [0.717, 1.165) is 25.3 Å². The lowest BCUT2D eigenvalue weighted by Gasteiger charge is -2.36.